The first-order valence-corrected chi connectivity index (χ1v) is 10.6. The SMILES string of the molecule is O=C(CSC1c2ccccc2Sc2ccccc21)Nc1ccc(C(=O)O)cc1. The first-order chi connectivity index (χ1) is 13.6. The number of carboxylic acids is 1. The van der Waals surface area contributed by atoms with E-state index in [0.717, 1.165) is 0 Å². The zero-order valence-corrected chi connectivity index (χ0v) is 16.4. The maximum Gasteiger partial charge on any atom is 0.335 e. The molecule has 3 aromatic carbocycles. The van der Waals surface area contributed by atoms with Gasteiger partial charge < -0.3 is 10.4 Å². The normalized spacial score (nSPS) is 12.7. The third-order valence-corrected chi connectivity index (χ3v) is 6.87. The van der Waals surface area contributed by atoms with Crippen LogP contribution < -0.4 is 5.32 Å². The highest BCUT2D eigenvalue weighted by Crippen LogP contribution is 2.50. The van der Waals surface area contributed by atoms with Gasteiger partial charge in [0.25, 0.3) is 0 Å². The molecule has 0 unspecified atom stereocenters. The average Bonchev–Trinajstić information content (AvgIpc) is 2.71. The van der Waals surface area contributed by atoms with E-state index in [0.29, 0.717) is 11.4 Å². The summed E-state index contributed by atoms with van der Waals surface area (Å²) < 4.78 is 0. The van der Waals surface area contributed by atoms with Crippen LogP contribution in [0, 0.1) is 0 Å². The molecule has 4 nitrogen and oxygen atoms in total. The Hall–Kier alpha value is -2.70. The fourth-order valence-corrected chi connectivity index (χ4v) is 5.55. The van der Waals surface area contributed by atoms with Crippen LogP contribution in [0.2, 0.25) is 0 Å². The number of fused-ring (bicyclic) bond motifs is 2. The third-order valence-electron chi connectivity index (χ3n) is 4.42. The van der Waals surface area contributed by atoms with Crippen LogP contribution >= 0.6 is 23.5 Å². The van der Waals surface area contributed by atoms with Gasteiger partial charge in [-0.25, -0.2) is 4.79 Å². The summed E-state index contributed by atoms with van der Waals surface area (Å²) in [4.78, 5) is 25.8. The number of amides is 1. The van der Waals surface area contributed by atoms with Crippen molar-refractivity contribution in [1.29, 1.82) is 0 Å². The Bertz CT molecular complexity index is 988. The van der Waals surface area contributed by atoms with Crippen molar-refractivity contribution in [2.45, 2.75) is 15.0 Å². The van der Waals surface area contributed by atoms with Crippen LogP contribution in [0.15, 0.2) is 82.6 Å². The first kappa shape index (κ1) is 18.7. The van der Waals surface area contributed by atoms with E-state index in [2.05, 4.69) is 29.6 Å². The van der Waals surface area contributed by atoms with E-state index in [9.17, 15) is 9.59 Å². The van der Waals surface area contributed by atoms with Gasteiger partial charge in [-0.05, 0) is 47.5 Å². The summed E-state index contributed by atoms with van der Waals surface area (Å²) in [7, 11) is 0. The van der Waals surface area contributed by atoms with Crippen molar-refractivity contribution in [2.24, 2.45) is 0 Å². The number of carboxylic acid groups (broad SMARTS) is 1. The van der Waals surface area contributed by atoms with Crippen LogP contribution in [0.5, 0.6) is 0 Å². The number of benzene rings is 3. The minimum absolute atomic E-state index is 0.105. The topological polar surface area (TPSA) is 66.4 Å². The molecule has 140 valence electrons. The summed E-state index contributed by atoms with van der Waals surface area (Å²) in [5, 5.41) is 11.9. The summed E-state index contributed by atoms with van der Waals surface area (Å²) in [6.45, 7) is 0. The van der Waals surface area contributed by atoms with Gasteiger partial charge >= 0.3 is 5.97 Å². The van der Waals surface area contributed by atoms with E-state index in [1.165, 1.54) is 33.1 Å². The van der Waals surface area contributed by atoms with Gasteiger partial charge in [-0.15, -0.1) is 11.8 Å². The molecule has 0 aromatic heterocycles. The highest BCUT2D eigenvalue weighted by Gasteiger charge is 2.26. The predicted molar refractivity (Wildman–Crippen MR) is 113 cm³/mol. The zero-order valence-electron chi connectivity index (χ0n) is 14.8. The Morgan fingerprint density at radius 1 is 0.893 bits per heavy atom. The highest BCUT2D eigenvalue weighted by atomic mass is 32.2. The number of carbonyl (C=O) groups is 2. The molecule has 0 bridgehead atoms. The fraction of sp³-hybridized carbons (Fsp3) is 0.0909. The lowest BCUT2D eigenvalue weighted by Crippen LogP contribution is -2.16. The van der Waals surface area contributed by atoms with E-state index >= 15 is 0 Å². The van der Waals surface area contributed by atoms with Crippen LogP contribution in [0.4, 0.5) is 5.69 Å². The summed E-state index contributed by atoms with van der Waals surface area (Å²) in [5.74, 6) is -0.791. The maximum absolute atomic E-state index is 12.4. The van der Waals surface area contributed by atoms with Gasteiger partial charge in [-0.1, -0.05) is 48.2 Å². The lowest BCUT2D eigenvalue weighted by Gasteiger charge is -2.27. The fourth-order valence-electron chi connectivity index (χ4n) is 3.10. The molecule has 28 heavy (non-hydrogen) atoms. The van der Waals surface area contributed by atoms with Crippen molar-refractivity contribution >= 4 is 41.1 Å². The second-order valence-corrected chi connectivity index (χ2v) is 8.48. The maximum atomic E-state index is 12.4. The minimum Gasteiger partial charge on any atom is -0.478 e. The lowest BCUT2D eigenvalue weighted by molar-refractivity contribution is -0.113. The van der Waals surface area contributed by atoms with E-state index < -0.39 is 5.97 Å². The third kappa shape index (κ3) is 3.93. The van der Waals surface area contributed by atoms with Gasteiger partial charge in [0.05, 0.1) is 16.6 Å². The van der Waals surface area contributed by atoms with Crippen LogP contribution in [-0.4, -0.2) is 22.7 Å². The van der Waals surface area contributed by atoms with Crippen molar-refractivity contribution in [1.82, 2.24) is 0 Å². The average molecular weight is 408 g/mol. The molecule has 1 aliphatic heterocycles. The van der Waals surface area contributed by atoms with Crippen molar-refractivity contribution < 1.29 is 14.7 Å². The number of anilines is 1. The number of aromatic carboxylic acids is 1. The number of rotatable bonds is 5. The van der Waals surface area contributed by atoms with Crippen LogP contribution in [-0.2, 0) is 4.79 Å². The van der Waals surface area contributed by atoms with Gasteiger partial charge in [-0.3, -0.25) is 4.79 Å². The summed E-state index contributed by atoms with van der Waals surface area (Å²) in [6, 6.07) is 22.8. The van der Waals surface area contributed by atoms with Crippen molar-refractivity contribution in [3.05, 3.63) is 89.5 Å². The van der Waals surface area contributed by atoms with Crippen LogP contribution in [0.1, 0.15) is 26.7 Å². The second-order valence-electron chi connectivity index (χ2n) is 6.30. The smallest absolute Gasteiger partial charge is 0.335 e. The Kier molecular flexibility index (Phi) is 5.41. The molecule has 2 N–H and O–H groups in total. The minimum atomic E-state index is -0.985. The van der Waals surface area contributed by atoms with Crippen molar-refractivity contribution in [2.75, 3.05) is 11.1 Å². The molecule has 1 aliphatic rings. The quantitative estimate of drug-likeness (QED) is 0.600. The molecule has 0 saturated heterocycles. The monoisotopic (exact) mass is 407 g/mol. The zero-order chi connectivity index (χ0) is 19.5. The molecule has 1 heterocycles. The Morgan fingerprint density at radius 3 is 2.04 bits per heavy atom. The lowest BCUT2D eigenvalue weighted by atomic mass is 10.0. The summed E-state index contributed by atoms with van der Waals surface area (Å²) in [6.07, 6.45) is 0. The molecule has 0 spiro atoms. The number of carbonyl (C=O) groups excluding carboxylic acids is 1. The Balaban J connectivity index is 1.47. The largest absolute Gasteiger partial charge is 0.478 e. The standard InChI is InChI=1S/C22H17NO3S2/c24-20(23-15-11-9-14(10-12-15)22(25)26)13-27-21-16-5-1-3-7-18(16)28-19-8-4-2-6-17(19)21/h1-12,21H,13H2,(H,23,24)(H,25,26). The molecule has 0 aliphatic carbocycles. The van der Waals surface area contributed by atoms with Gasteiger partial charge in [0.15, 0.2) is 0 Å². The van der Waals surface area contributed by atoms with E-state index in [-0.39, 0.29) is 16.7 Å². The van der Waals surface area contributed by atoms with Gasteiger partial charge in [0.2, 0.25) is 5.91 Å². The first-order valence-electron chi connectivity index (χ1n) is 8.72. The molecule has 0 saturated carbocycles. The molecule has 0 fully saturated rings. The number of hydrogen-bond acceptors (Lipinski definition) is 4. The van der Waals surface area contributed by atoms with Crippen LogP contribution in [0.3, 0.4) is 0 Å². The summed E-state index contributed by atoms with van der Waals surface area (Å²) in [5.41, 5.74) is 3.25. The molecule has 6 heteroatoms. The molecule has 4 rings (SSSR count). The highest BCUT2D eigenvalue weighted by molar-refractivity contribution is 8.01. The van der Waals surface area contributed by atoms with Crippen molar-refractivity contribution in [3.63, 3.8) is 0 Å². The molecular formula is C22H17NO3S2. The Labute approximate surface area is 171 Å². The number of nitrogens with one attached hydrogen (secondary N) is 1. The van der Waals surface area contributed by atoms with Gasteiger partial charge in [0.1, 0.15) is 0 Å². The Morgan fingerprint density at radius 2 is 1.46 bits per heavy atom. The summed E-state index contributed by atoms with van der Waals surface area (Å²) >= 11 is 3.36. The van der Waals surface area contributed by atoms with Gasteiger partial charge in [-0.2, -0.15) is 0 Å². The number of hydrogen-bond donors (Lipinski definition) is 2. The molecule has 1 amide bonds. The molecule has 3 aromatic rings. The van der Waals surface area contributed by atoms with E-state index in [1.807, 2.05) is 24.3 Å². The molecule has 0 atom stereocenters. The van der Waals surface area contributed by atoms with E-state index in [1.54, 1.807) is 35.7 Å². The van der Waals surface area contributed by atoms with E-state index in [4.69, 9.17) is 5.11 Å². The predicted octanol–water partition coefficient (Wildman–Crippen LogP) is 5.31. The molecular weight excluding hydrogens is 390 g/mol. The second kappa shape index (κ2) is 8.12. The van der Waals surface area contributed by atoms with Gasteiger partial charge in [0, 0.05) is 15.5 Å². The van der Waals surface area contributed by atoms with Crippen LogP contribution in [0.25, 0.3) is 0 Å². The van der Waals surface area contributed by atoms with Crippen molar-refractivity contribution in [3.8, 4) is 0 Å². The number of thioether (sulfide) groups is 1. The molecule has 0 radical (unpaired) electrons.